The van der Waals surface area contributed by atoms with Crippen molar-refractivity contribution in [2.45, 2.75) is 40.0 Å². The fraction of sp³-hybridized carbons (Fsp3) is 0.917. The number of carbonyl (C=O) groups is 1. The minimum Gasteiger partial charge on any atom is -0.369 e. The maximum atomic E-state index is 11.1. The second kappa shape index (κ2) is 2.98. The predicted octanol–water partition coefficient (Wildman–Crippen LogP) is 2.18. The Balaban J connectivity index is 1.98. The molecule has 2 rings (SSSR count). The van der Waals surface area contributed by atoms with Crippen molar-refractivity contribution < 1.29 is 4.79 Å². The molecular weight excluding hydrogens is 174 g/mol. The Labute approximate surface area is 86.2 Å². The predicted molar refractivity (Wildman–Crippen MR) is 56.5 cm³/mol. The van der Waals surface area contributed by atoms with Crippen molar-refractivity contribution in [1.29, 1.82) is 0 Å². The normalized spacial score (nSPS) is 41.6. The molecule has 0 aromatic rings. The Kier molecular flexibility index (Phi) is 2.13. The first kappa shape index (κ1) is 10.0. The van der Waals surface area contributed by atoms with Crippen LogP contribution in [0.2, 0.25) is 0 Å². The summed E-state index contributed by atoms with van der Waals surface area (Å²) in [5.41, 5.74) is 5.77. The van der Waals surface area contributed by atoms with E-state index >= 15 is 0 Å². The lowest BCUT2D eigenvalue weighted by Gasteiger charge is -2.33. The summed E-state index contributed by atoms with van der Waals surface area (Å²) in [6.45, 7) is 6.92. The van der Waals surface area contributed by atoms with Gasteiger partial charge in [0.05, 0.1) is 0 Å². The summed E-state index contributed by atoms with van der Waals surface area (Å²) in [6, 6.07) is 0. The maximum Gasteiger partial charge on any atom is 0.221 e. The first-order chi connectivity index (χ1) is 6.41. The van der Waals surface area contributed by atoms with Gasteiger partial charge in [0, 0.05) is 5.92 Å². The standard InChI is InChI=1S/C12H21NO/c1-12(2,3)7-4-5-8-9(6-7)10(8)11(13)14/h7-10H,4-6H2,1-3H3,(H2,13,14). The molecule has 2 aliphatic carbocycles. The Morgan fingerprint density at radius 1 is 1.21 bits per heavy atom. The average molecular weight is 195 g/mol. The monoisotopic (exact) mass is 195 g/mol. The fourth-order valence-corrected chi connectivity index (χ4v) is 3.21. The van der Waals surface area contributed by atoms with Crippen LogP contribution in [0, 0.1) is 29.1 Å². The molecule has 0 radical (unpaired) electrons. The Morgan fingerprint density at radius 3 is 2.36 bits per heavy atom. The van der Waals surface area contributed by atoms with Gasteiger partial charge in [-0.3, -0.25) is 4.79 Å². The number of fused-ring (bicyclic) bond motifs is 1. The molecular formula is C12H21NO. The summed E-state index contributed by atoms with van der Waals surface area (Å²) >= 11 is 0. The highest BCUT2D eigenvalue weighted by atomic mass is 16.1. The van der Waals surface area contributed by atoms with Gasteiger partial charge in [-0.15, -0.1) is 0 Å². The second-order valence-corrected chi connectivity index (χ2v) is 6.13. The quantitative estimate of drug-likeness (QED) is 0.684. The first-order valence-corrected chi connectivity index (χ1v) is 5.70. The molecule has 0 heterocycles. The summed E-state index contributed by atoms with van der Waals surface area (Å²) in [4.78, 5) is 11.1. The number of nitrogens with two attached hydrogens (primary N) is 1. The van der Waals surface area contributed by atoms with Crippen LogP contribution < -0.4 is 5.73 Å². The molecule has 80 valence electrons. The van der Waals surface area contributed by atoms with E-state index < -0.39 is 0 Å². The van der Waals surface area contributed by atoms with Gasteiger partial charge < -0.3 is 5.73 Å². The number of primary amides is 1. The molecule has 0 bridgehead atoms. The number of carbonyl (C=O) groups excluding carboxylic acids is 1. The molecule has 2 nitrogen and oxygen atoms in total. The van der Waals surface area contributed by atoms with Crippen LogP contribution in [0.25, 0.3) is 0 Å². The van der Waals surface area contributed by atoms with Crippen LogP contribution in [0.5, 0.6) is 0 Å². The zero-order chi connectivity index (χ0) is 10.5. The van der Waals surface area contributed by atoms with Crippen LogP contribution in [0.15, 0.2) is 0 Å². The molecule has 4 unspecified atom stereocenters. The summed E-state index contributed by atoms with van der Waals surface area (Å²) in [5.74, 6) is 2.22. The third-order valence-electron chi connectivity index (χ3n) is 4.29. The van der Waals surface area contributed by atoms with E-state index in [1.165, 1.54) is 19.3 Å². The molecule has 0 aliphatic heterocycles. The van der Waals surface area contributed by atoms with Crippen molar-refractivity contribution in [3.05, 3.63) is 0 Å². The number of amides is 1. The zero-order valence-corrected chi connectivity index (χ0v) is 9.42. The van der Waals surface area contributed by atoms with Gasteiger partial charge in [-0.05, 0) is 42.4 Å². The van der Waals surface area contributed by atoms with E-state index in [4.69, 9.17) is 5.73 Å². The summed E-state index contributed by atoms with van der Waals surface area (Å²) in [6.07, 6.45) is 3.73. The molecule has 2 aliphatic rings. The maximum absolute atomic E-state index is 11.1. The van der Waals surface area contributed by atoms with Gasteiger partial charge in [0.1, 0.15) is 0 Å². The van der Waals surface area contributed by atoms with Crippen LogP contribution >= 0.6 is 0 Å². The van der Waals surface area contributed by atoms with Gasteiger partial charge in [0.2, 0.25) is 5.91 Å². The van der Waals surface area contributed by atoms with Crippen LogP contribution in [-0.4, -0.2) is 5.91 Å². The lowest BCUT2D eigenvalue weighted by molar-refractivity contribution is -0.119. The molecule has 14 heavy (non-hydrogen) atoms. The summed E-state index contributed by atoms with van der Waals surface area (Å²) in [5, 5.41) is 0. The van der Waals surface area contributed by atoms with Gasteiger partial charge in [0.15, 0.2) is 0 Å². The van der Waals surface area contributed by atoms with Crippen molar-refractivity contribution in [3.8, 4) is 0 Å². The molecule has 0 saturated heterocycles. The highest BCUT2D eigenvalue weighted by Crippen LogP contribution is 2.59. The minimum absolute atomic E-state index is 0.0606. The molecule has 0 aromatic carbocycles. The lowest BCUT2D eigenvalue weighted by Crippen LogP contribution is -2.23. The smallest absolute Gasteiger partial charge is 0.221 e. The third-order valence-corrected chi connectivity index (χ3v) is 4.29. The molecule has 2 heteroatoms. The number of rotatable bonds is 1. The fourth-order valence-electron chi connectivity index (χ4n) is 3.21. The van der Waals surface area contributed by atoms with Crippen molar-refractivity contribution in [3.63, 3.8) is 0 Å². The number of hydrogen-bond donors (Lipinski definition) is 1. The SMILES string of the molecule is CC(C)(C)C1CCC2C(C1)C2C(N)=O. The Morgan fingerprint density at radius 2 is 1.86 bits per heavy atom. The van der Waals surface area contributed by atoms with E-state index in [1.807, 2.05) is 0 Å². The average Bonchev–Trinajstić information content (AvgIpc) is 2.74. The van der Waals surface area contributed by atoms with E-state index in [1.54, 1.807) is 0 Å². The minimum atomic E-state index is -0.0606. The second-order valence-electron chi connectivity index (χ2n) is 6.13. The van der Waals surface area contributed by atoms with Gasteiger partial charge >= 0.3 is 0 Å². The summed E-state index contributed by atoms with van der Waals surface area (Å²) in [7, 11) is 0. The summed E-state index contributed by atoms with van der Waals surface area (Å²) < 4.78 is 0. The highest BCUT2D eigenvalue weighted by Gasteiger charge is 2.56. The highest BCUT2D eigenvalue weighted by molar-refractivity contribution is 5.80. The van der Waals surface area contributed by atoms with Crippen molar-refractivity contribution in [2.75, 3.05) is 0 Å². The van der Waals surface area contributed by atoms with E-state index in [0.717, 1.165) is 5.92 Å². The van der Waals surface area contributed by atoms with Gasteiger partial charge in [-0.25, -0.2) is 0 Å². The van der Waals surface area contributed by atoms with E-state index in [-0.39, 0.29) is 11.8 Å². The van der Waals surface area contributed by atoms with Crippen LogP contribution in [0.3, 0.4) is 0 Å². The Bertz CT molecular complexity index is 254. The zero-order valence-electron chi connectivity index (χ0n) is 9.42. The molecule has 0 aromatic heterocycles. The Hall–Kier alpha value is -0.530. The molecule has 2 fully saturated rings. The molecule has 1 amide bonds. The van der Waals surface area contributed by atoms with Crippen LogP contribution in [0.1, 0.15) is 40.0 Å². The topological polar surface area (TPSA) is 43.1 Å². The van der Waals surface area contributed by atoms with Gasteiger partial charge in [-0.2, -0.15) is 0 Å². The van der Waals surface area contributed by atoms with E-state index in [2.05, 4.69) is 20.8 Å². The molecule has 2 N–H and O–H groups in total. The van der Waals surface area contributed by atoms with E-state index in [9.17, 15) is 4.79 Å². The van der Waals surface area contributed by atoms with E-state index in [0.29, 0.717) is 17.3 Å². The number of hydrogen-bond acceptors (Lipinski definition) is 1. The first-order valence-electron chi connectivity index (χ1n) is 5.70. The molecule has 2 saturated carbocycles. The molecule has 0 spiro atoms. The van der Waals surface area contributed by atoms with Crippen molar-refractivity contribution in [2.24, 2.45) is 34.8 Å². The third kappa shape index (κ3) is 1.55. The van der Waals surface area contributed by atoms with Crippen LogP contribution in [-0.2, 0) is 4.79 Å². The van der Waals surface area contributed by atoms with Gasteiger partial charge in [-0.1, -0.05) is 20.8 Å². The lowest BCUT2D eigenvalue weighted by atomic mass is 9.72. The largest absolute Gasteiger partial charge is 0.369 e. The molecule has 4 atom stereocenters. The van der Waals surface area contributed by atoms with Crippen LogP contribution in [0.4, 0.5) is 0 Å². The van der Waals surface area contributed by atoms with Crippen molar-refractivity contribution in [1.82, 2.24) is 0 Å². The van der Waals surface area contributed by atoms with Gasteiger partial charge in [0.25, 0.3) is 0 Å². The van der Waals surface area contributed by atoms with Crippen molar-refractivity contribution >= 4 is 5.91 Å².